The highest BCUT2D eigenvalue weighted by atomic mass is 32.1. The number of nitrogens with zero attached hydrogens (tertiary/aromatic N) is 3. The van der Waals surface area contributed by atoms with Crippen LogP contribution in [-0.2, 0) is 14.3 Å². The first-order chi connectivity index (χ1) is 12.2. The molecule has 10 nitrogen and oxygen atoms in total. The first-order valence-corrected chi connectivity index (χ1v) is 8.77. The molecular formula is C15H21N5O5S. The number of anilines is 1. The molecule has 0 aromatic carbocycles. The Morgan fingerprint density at radius 1 is 1.50 bits per heavy atom. The van der Waals surface area contributed by atoms with E-state index in [1.165, 1.54) is 6.92 Å². The average molecular weight is 383 g/mol. The number of thiol groups is 1. The molecule has 0 aliphatic carbocycles. The van der Waals surface area contributed by atoms with Gasteiger partial charge in [-0.15, -0.1) is 0 Å². The van der Waals surface area contributed by atoms with Crippen LogP contribution in [0.3, 0.4) is 0 Å². The number of imidazole rings is 1. The lowest BCUT2D eigenvalue weighted by Crippen LogP contribution is -2.36. The lowest BCUT2D eigenvalue weighted by Gasteiger charge is -2.23. The molecule has 3 heterocycles. The van der Waals surface area contributed by atoms with Crippen LogP contribution in [0.2, 0.25) is 0 Å². The molecule has 0 radical (unpaired) electrons. The summed E-state index contributed by atoms with van der Waals surface area (Å²) in [5, 5.41) is 10.5. The number of aliphatic hydroxyl groups is 1. The van der Waals surface area contributed by atoms with E-state index in [-0.39, 0.29) is 28.8 Å². The van der Waals surface area contributed by atoms with E-state index in [4.69, 9.17) is 15.2 Å². The number of rotatable bonds is 4. The van der Waals surface area contributed by atoms with E-state index < -0.39 is 36.1 Å². The maximum absolute atomic E-state index is 12.2. The Labute approximate surface area is 154 Å². The summed E-state index contributed by atoms with van der Waals surface area (Å²) in [6.07, 6.45) is -3.66. The Bertz CT molecular complexity index is 894. The van der Waals surface area contributed by atoms with Gasteiger partial charge in [-0.25, -0.2) is 4.98 Å². The molecule has 1 aliphatic rings. The highest BCUT2D eigenvalue weighted by Gasteiger charge is 2.48. The first kappa shape index (κ1) is 18.7. The Balaban J connectivity index is 2.23. The molecular weight excluding hydrogens is 362 g/mol. The van der Waals surface area contributed by atoms with Crippen LogP contribution >= 0.6 is 12.6 Å². The van der Waals surface area contributed by atoms with Crippen LogP contribution in [0.15, 0.2) is 4.79 Å². The summed E-state index contributed by atoms with van der Waals surface area (Å²) in [5.74, 6) is -0.0261. The zero-order valence-electron chi connectivity index (χ0n) is 14.5. The first-order valence-electron chi connectivity index (χ1n) is 8.13. The fourth-order valence-corrected chi connectivity index (χ4v) is 3.37. The fourth-order valence-electron chi connectivity index (χ4n) is 3.07. The Hall–Kier alpha value is -2.11. The molecule has 26 heavy (non-hydrogen) atoms. The molecule has 4 atom stereocenters. The number of hydrogen-bond acceptors (Lipinski definition) is 9. The predicted octanol–water partition coefficient (Wildman–Crippen LogP) is -0.0550. The number of H-pyrrole nitrogens is 1. The second-order valence-corrected chi connectivity index (χ2v) is 6.80. The van der Waals surface area contributed by atoms with Gasteiger partial charge in [-0.05, 0) is 0 Å². The van der Waals surface area contributed by atoms with Crippen LogP contribution in [0, 0.1) is 0 Å². The predicted molar refractivity (Wildman–Crippen MR) is 96.0 cm³/mol. The fraction of sp³-hybridized carbons (Fsp3) is 0.600. The quantitative estimate of drug-likeness (QED) is 0.424. The van der Waals surface area contributed by atoms with Crippen molar-refractivity contribution in [1.82, 2.24) is 19.5 Å². The van der Waals surface area contributed by atoms with Gasteiger partial charge in [0.25, 0.3) is 5.56 Å². The van der Waals surface area contributed by atoms with Gasteiger partial charge < -0.3 is 20.3 Å². The standard InChI is InChI=1S/C15H21N5O5S/c1-5(2)11-17-8-12(18-15(16)19-13(8)23)20(11)14-10(24-6(3)21)9(22)7(4-26)25-14/h5,7,9-10,14,22,26H,4H2,1-3H3,(H3,16,18,19,23)/t7-,9-,10-,14-/m1/s1. The molecule has 4 N–H and O–H groups in total. The van der Waals surface area contributed by atoms with Gasteiger partial charge in [-0.1, -0.05) is 13.8 Å². The topological polar surface area (TPSA) is 145 Å². The van der Waals surface area contributed by atoms with Gasteiger partial charge in [0.05, 0.1) is 6.10 Å². The van der Waals surface area contributed by atoms with Crippen LogP contribution < -0.4 is 11.3 Å². The second-order valence-electron chi connectivity index (χ2n) is 6.43. The van der Waals surface area contributed by atoms with Crippen molar-refractivity contribution in [1.29, 1.82) is 0 Å². The minimum absolute atomic E-state index is 0.0766. The van der Waals surface area contributed by atoms with Gasteiger partial charge in [-0.3, -0.25) is 19.1 Å². The minimum Gasteiger partial charge on any atom is -0.455 e. The number of aromatic amines is 1. The van der Waals surface area contributed by atoms with Crippen molar-refractivity contribution in [2.24, 2.45) is 0 Å². The van der Waals surface area contributed by atoms with Gasteiger partial charge in [0.15, 0.2) is 23.5 Å². The van der Waals surface area contributed by atoms with Crippen molar-refractivity contribution in [3.63, 3.8) is 0 Å². The highest BCUT2D eigenvalue weighted by Crippen LogP contribution is 2.36. The number of aliphatic hydroxyl groups excluding tert-OH is 1. The second kappa shape index (κ2) is 6.89. The van der Waals surface area contributed by atoms with E-state index in [9.17, 15) is 14.7 Å². The van der Waals surface area contributed by atoms with E-state index >= 15 is 0 Å². The number of nitrogen functional groups attached to an aromatic ring is 1. The zero-order valence-corrected chi connectivity index (χ0v) is 15.4. The van der Waals surface area contributed by atoms with Gasteiger partial charge in [-0.2, -0.15) is 17.6 Å². The maximum atomic E-state index is 12.2. The number of ether oxygens (including phenoxy) is 2. The van der Waals surface area contributed by atoms with Crippen LogP contribution in [0.25, 0.3) is 11.2 Å². The summed E-state index contributed by atoms with van der Waals surface area (Å²) in [5.41, 5.74) is 5.49. The van der Waals surface area contributed by atoms with Crippen molar-refractivity contribution < 1.29 is 19.4 Å². The van der Waals surface area contributed by atoms with E-state index in [1.807, 2.05) is 13.8 Å². The van der Waals surface area contributed by atoms with Gasteiger partial charge in [0.2, 0.25) is 5.95 Å². The van der Waals surface area contributed by atoms with Crippen LogP contribution in [0.1, 0.15) is 38.7 Å². The lowest BCUT2D eigenvalue weighted by atomic mass is 10.1. The largest absolute Gasteiger partial charge is 0.455 e. The number of nitrogens with one attached hydrogen (secondary N) is 1. The molecule has 1 fully saturated rings. The SMILES string of the molecule is CC(=O)O[C@@H]1[C@H](O)[C@@H](CS)O[C@H]1n1c(C(C)C)nc2c(=O)[nH]c(N)nc21. The van der Waals surface area contributed by atoms with E-state index in [1.54, 1.807) is 4.57 Å². The number of carbonyl (C=O) groups is 1. The molecule has 0 saturated carbocycles. The number of carbonyl (C=O) groups excluding carboxylic acids is 1. The van der Waals surface area contributed by atoms with Crippen molar-refractivity contribution >= 4 is 35.7 Å². The third-order valence-electron chi connectivity index (χ3n) is 4.16. The van der Waals surface area contributed by atoms with Gasteiger partial charge in [0.1, 0.15) is 11.9 Å². The molecule has 0 bridgehead atoms. The lowest BCUT2D eigenvalue weighted by molar-refractivity contribution is -0.155. The number of esters is 1. The van der Waals surface area contributed by atoms with Crippen molar-refractivity contribution in [2.45, 2.75) is 51.2 Å². The molecule has 0 spiro atoms. The Morgan fingerprint density at radius 2 is 2.19 bits per heavy atom. The van der Waals surface area contributed by atoms with E-state index in [0.29, 0.717) is 5.82 Å². The highest BCUT2D eigenvalue weighted by molar-refractivity contribution is 7.80. The molecule has 0 amide bonds. The molecule has 2 aromatic rings. The summed E-state index contributed by atoms with van der Waals surface area (Å²) in [6, 6.07) is 0. The zero-order chi connectivity index (χ0) is 19.2. The summed E-state index contributed by atoms with van der Waals surface area (Å²) >= 11 is 4.18. The maximum Gasteiger partial charge on any atom is 0.303 e. The molecule has 0 unspecified atom stereocenters. The third-order valence-corrected chi connectivity index (χ3v) is 4.52. The van der Waals surface area contributed by atoms with Crippen molar-refractivity contribution in [3.05, 3.63) is 16.2 Å². The summed E-state index contributed by atoms with van der Waals surface area (Å²) in [6.45, 7) is 5.02. The summed E-state index contributed by atoms with van der Waals surface area (Å²) < 4.78 is 12.7. The summed E-state index contributed by atoms with van der Waals surface area (Å²) in [4.78, 5) is 34.7. The van der Waals surface area contributed by atoms with Gasteiger partial charge >= 0.3 is 5.97 Å². The average Bonchev–Trinajstić information content (AvgIpc) is 3.06. The van der Waals surface area contributed by atoms with Gasteiger partial charge in [0, 0.05) is 18.6 Å². The Morgan fingerprint density at radius 3 is 2.77 bits per heavy atom. The minimum atomic E-state index is -1.08. The number of hydrogen-bond donors (Lipinski definition) is 4. The normalized spacial score (nSPS) is 25.9. The van der Waals surface area contributed by atoms with E-state index in [2.05, 4.69) is 27.6 Å². The van der Waals surface area contributed by atoms with Crippen LogP contribution in [0.4, 0.5) is 5.95 Å². The van der Waals surface area contributed by atoms with Crippen LogP contribution in [0.5, 0.6) is 0 Å². The molecule has 11 heteroatoms. The van der Waals surface area contributed by atoms with Crippen molar-refractivity contribution in [3.8, 4) is 0 Å². The smallest absolute Gasteiger partial charge is 0.303 e. The van der Waals surface area contributed by atoms with E-state index in [0.717, 1.165) is 0 Å². The van der Waals surface area contributed by atoms with Crippen LogP contribution in [-0.4, -0.2) is 54.7 Å². The summed E-state index contributed by atoms with van der Waals surface area (Å²) in [7, 11) is 0. The number of aromatic nitrogens is 4. The van der Waals surface area contributed by atoms with Crippen molar-refractivity contribution in [2.75, 3.05) is 11.5 Å². The third kappa shape index (κ3) is 3.06. The Kier molecular flexibility index (Phi) is 4.95. The molecule has 142 valence electrons. The molecule has 2 aromatic heterocycles. The molecule has 1 aliphatic heterocycles. The number of fused-ring (bicyclic) bond motifs is 1. The molecule has 1 saturated heterocycles. The molecule has 3 rings (SSSR count). The monoisotopic (exact) mass is 383 g/mol. The number of nitrogens with two attached hydrogens (primary N) is 1.